The number of hydrogen-bond acceptors (Lipinski definition) is 6. The molecule has 1 N–H and O–H groups in total. The zero-order valence-corrected chi connectivity index (χ0v) is 13.7. The molecular formula is C16H20N4O2S. The Morgan fingerprint density at radius 2 is 1.65 bits per heavy atom. The number of nitrogens with zero attached hydrogens (tertiary/aromatic N) is 3. The maximum atomic E-state index is 11.4. The minimum Gasteiger partial charge on any atom is -0.350 e. The Bertz CT molecular complexity index is 718. The first-order chi connectivity index (χ1) is 11.1. The topological polar surface area (TPSA) is 75.2 Å². The molecular weight excluding hydrogens is 312 g/mol. The van der Waals surface area contributed by atoms with Crippen LogP contribution >= 0.6 is 0 Å². The van der Waals surface area contributed by atoms with Gasteiger partial charge in [-0.2, -0.15) is 0 Å². The van der Waals surface area contributed by atoms with Gasteiger partial charge in [-0.1, -0.05) is 30.3 Å². The van der Waals surface area contributed by atoms with Gasteiger partial charge < -0.3 is 5.32 Å². The lowest BCUT2D eigenvalue weighted by molar-refractivity contribution is 0.287. The predicted molar refractivity (Wildman–Crippen MR) is 89.7 cm³/mol. The van der Waals surface area contributed by atoms with E-state index in [4.69, 9.17) is 0 Å². The quantitative estimate of drug-likeness (QED) is 0.890. The predicted octanol–water partition coefficient (Wildman–Crippen LogP) is 1.32. The molecule has 23 heavy (non-hydrogen) atoms. The SMILES string of the molecule is O=S1(=O)CCN(Cc2cnc(NCc3ccccc3)nc2)CC1. The van der Waals surface area contributed by atoms with Gasteiger partial charge >= 0.3 is 0 Å². The summed E-state index contributed by atoms with van der Waals surface area (Å²) in [7, 11) is -2.83. The molecule has 0 spiro atoms. The van der Waals surface area contributed by atoms with Gasteiger partial charge in [0.2, 0.25) is 5.95 Å². The van der Waals surface area contributed by atoms with Gasteiger partial charge in [0, 0.05) is 44.1 Å². The molecule has 2 aromatic rings. The van der Waals surface area contributed by atoms with Crippen molar-refractivity contribution in [2.24, 2.45) is 0 Å². The summed E-state index contributed by atoms with van der Waals surface area (Å²) in [5.74, 6) is 1.08. The third-order valence-corrected chi connectivity index (χ3v) is 5.45. The Hall–Kier alpha value is -1.99. The highest BCUT2D eigenvalue weighted by atomic mass is 32.2. The van der Waals surface area contributed by atoms with Crippen molar-refractivity contribution in [1.82, 2.24) is 14.9 Å². The fourth-order valence-electron chi connectivity index (χ4n) is 2.47. The molecule has 1 fully saturated rings. The van der Waals surface area contributed by atoms with E-state index in [-0.39, 0.29) is 11.5 Å². The molecule has 0 saturated carbocycles. The first-order valence-electron chi connectivity index (χ1n) is 7.62. The Labute approximate surface area is 136 Å². The fraction of sp³-hybridized carbons (Fsp3) is 0.375. The number of anilines is 1. The standard InChI is InChI=1S/C16H20N4O2S/c21-23(22)8-6-20(7-9-23)13-15-11-18-16(19-12-15)17-10-14-4-2-1-3-5-14/h1-5,11-12H,6-10,13H2,(H,17,18,19). The summed E-state index contributed by atoms with van der Waals surface area (Å²) < 4.78 is 22.8. The normalized spacial score (nSPS) is 17.7. The van der Waals surface area contributed by atoms with E-state index in [0.29, 0.717) is 32.1 Å². The highest BCUT2D eigenvalue weighted by Crippen LogP contribution is 2.10. The van der Waals surface area contributed by atoms with Crippen LogP contribution in [0.15, 0.2) is 42.7 Å². The number of aromatic nitrogens is 2. The number of benzene rings is 1. The van der Waals surface area contributed by atoms with E-state index in [1.54, 1.807) is 12.4 Å². The third kappa shape index (κ3) is 4.74. The average molecular weight is 332 g/mol. The van der Waals surface area contributed by atoms with E-state index >= 15 is 0 Å². The minimum absolute atomic E-state index is 0.241. The van der Waals surface area contributed by atoms with Gasteiger partial charge in [-0.05, 0) is 5.56 Å². The van der Waals surface area contributed by atoms with Crippen molar-refractivity contribution in [1.29, 1.82) is 0 Å². The summed E-state index contributed by atoms with van der Waals surface area (Å²) >= 11 is 0. The van der Waals surface area contributed by atoms with Crippen LogP contribution in [0, 0.1) is 0 Å². The largest absolute Gasteiger partial charge is 0.350 e. The Morgan fingerprint density at radius 3 is 2.30 bits per heavy atom. The lowest BCUT2D eigenvalue weighted by atomic mass is 10.2. The number of nitrogens with one attached hydrogen (secondary N) is 1. The third-order valence-electron chi connectivity index (χ3n) is 3.84. The van der Waals surface area contributed by atoms with E-state index in [1.807, 2.05) is 30.3 Å². The van der Waals surface area contributed by atoms with Crippen LogP contribution in [-0.4, -0.2) is 47.9 Å². The van der Waals surface area contributed by atoms with E-state index in [1.165, 1.54) is 5.56 Å². The molecule has 6 nitrogen and oxygen atoms in total. The van der Waals surface area contributed by atoms with Gasteiger partial charge in [0.25, 0.3) is 0 Å². The van der Waals surface area contributed by atoms with Crippen molar-refractivity contribution in [2.75, 3.05) is 29.9 Å². The van der Waals surface area contributed by atoms with Gasteiger partial charge in [-0.15, -0.1) is 0 Å². The van der Waals surface area contributed by atoms with Gasteiger partial charge in [0.15, 0.2) is 9.84 Å². The van der Waals surface area contributed by atoms with Gasteiger partial charge in [-0.25, -0.2) is 18.4 Å². The number of rotatable bonds is 5. The van der Waals surface area contributed by atoms with Crippen LogP contribution in [0.5, 0.6) is 0 Å². The molecule has 7 heteroatoms. The monoisotopic (exact) mass is 332 g/mol. The molecule has 1 saturated heterocycles. The number of sulfone groups is 1. The summed E-state index contributed by atoms with van der Waals surface area (Å²) in [6, 6.07) is 10.1. The molecule has 3 rings (SSSR count). The van der Waals surface area contributed by atoms with E-state index < -0.39 is 9.84 Å². The van der Waals surface area contributed by atoms with Crippen molar-refractivity contribution in [3.8, 4) is 0 Å². The van der Waals surface area contributed by atoms with Gasteiger partial charge in [0.1, 0.15) is 0 Å². The van der Waals surface area contributed by atoms with Crippen LogP contribution in [-0.2, 0) is 22.9 Å². The molecule has 122 valence electrons. The molecule has 0 aliphatic carbocycles. The maximum absolute atomic E-state index is 11.4. The highest BCUT2D eigenvalue weighted by molar-refractivity contribution is 7.91. The van der Waals surface area contributed by atoms with Crippen molar-refractivity contribution in [3.63, 3.8) is 0 Å². The second-order valence-corrected chi connectivity index (χ2v) is 7.99. The number of hydrogen-bond donors (Lipinski definition) is 1. The van der Waals surface area contributed by atoms with Crippen molar-refractivity contribution in [3.05, 3.63) is 53.9 Å². The molecule has 0 radical (unpaired) electrons. The summed E-state index contributed by atoms with van der Waals surface area (Å²) in [4.78, 5) is 10.8. The summed E-state index contributed by atoms with van der Waals surface area (Å²) in [6.45, 7) is 2.53. The van der Waals surface area contributed by atoms with Gasteiger partial charge in [-0.3, -0.25) is 4.90 Å². The lowest BCUT2D eigenvalue weighted by Crippen LogP contribution is -2.39. The van der Waals surface area contributed by atoms with E-state index in [9.17, 15) is 8.42 Å². The molecule has 1 aromatic heterocycles. The van der Waals surface area contributed by atoms with Crippen molar-refractivity contribution < 1.29 is 8.42 Å². The van der Waals surface area contributed by atoms with Crippen molar-refractivity contribution >= 4 is 15.8 Å². The Kier molecular flexibility index (Phi) is 4.88. The Balaban J connectivity index is 1.51. The van der Waals surface area contributed by atoms with Crippen LogP contribution in [0.1, 0.15) is 11.1 Å². The second-order valence-electron chi connectivity index (χ2n) is 5.68. The maximum Gasteiger partial charge on any atom is 0.222 e. The summed E-state index contributed by atoms with van der Waals surface area (Å²) in [6.07, 6.45) is 3.59. The average Bonchev–Trinajstić information content (AvgIpc) is 2.57. The molecule has 0 amide bonds. The van der Waals surface area contributed by atoms with Crippen molar-refractivity contribution in [2.45, 2.75) is 13.1 Å². The molecule has 1 aromatic carbocycles. The zero-order valence-electron chi connectivity index (χ0n) is 12.9. The van der Waals surface area contributed by atoms with Crippen LogP contribution < -0.4 is 5.32 Å². The fourth-order valence-corrected chi connectivity index (χ4v) is 3.75. The molecule has 0 unspecified atom stereocenters. The van der Waals surface area contributed by atoms with Crippen LogP contribution in [0.4, 0.5) is 5.95 Å². The highest BCUT2D eigenvalue weighted by Gasteiger charge is 2.21. The van der Waals surface area contributed by atoms with Crippen LogP contribution in [0.25, 0.3) is 0 Å². The van der Waals surface area contributed by atoms with Crippen LogP contribution in [0.3, 0.4) is 0 Å². The minimum atomic E-state index is -2.83. The first-order valence-corrected chi connectivity index (χ1v) is 9.44. The second kappa shape index (κ2) is 7.06. The smallest absolute Gasteiger partial charge is 0.222 e. The zero-order chi connectivity index (χ0) is 16.1. The van der Waals surface area contributed by atoms with E-state index in [2.05, 4.69) is 20.2 Å². The van der Waals surface area contributed by atoms with Gasteiger partial charge in [0.05, 0.1) is 11.5 Å². The lowest BCUT2D eigenvalue weighted by Gasteiger charge is -2.26. The van der Waals surface area contributed by atoms with E-state index in [0.717, 1.165) is 5.56 Å². The molecule has 1 aliphatic heterocycles. The summed E-state index contributed by atoms with van der Waals surface area (Å²) in [5.41, 5.74) is 2.17. The Morgan fingerprint density at radius 1 is 1.00 bits per heavy atom. The molecule has 0 bridgehead atoms. The molecule has 0 atom stereocenters. The first kappa shape index (κ1) is 15.9. The summed E-state index contributed by atoms with van der Waals surface area (Å²) in [5, 5.41) is 3.19. The molecule has 1 aliphatic rings. The molecule has 2 heterocycles. The van der Waals surface area contributed by atoms with Crippen LogP contribution in [0.2, 0.25) is 0 Å².